The number of nitrogens with zero attached hydrogens (tertiary/aromatic N) is 2. The minimum absolute atomic E-state index is 0.137. The van der Waals surface area contributed by atoms with Crippen LogP contribution < -0.4 is 20.5 Å². The largest absolute Gasteiger partial charge is 0.490 e. The summed E-state index contributed by atoms with van der Waals surface area (Å²) in [7, 11) is 0. The lowest BCUT2D eigenvalue weighted by Gasteiger charge is -2.11. The molecular formula is C21H22N4O3S2. The first-order chi connectivity index (χ1) is 14.7. The van der Waals surface area contributed by atoms with Crippen LogP contribution in [0.5, 0.6) is 11.5 Å². The third-order valence-electron chi connectivity index (χ3n) is 5.19. The first-order valence-electron chi connectivity index (χ1n) is 10.1. The molecule has 1 aromatic carbocycles. The van der Waals surface area contributed by atoms with Crippen LogP contribution in [0, 0.1) is 0 Å². The van der Waals surface area contributed by atoms with E-state index < -0.39 is 0 Å². The minimum atomic E-state index is -0.137. The molecule has 3 N–H and O–H groups in total. The van der Waals surface area contributed by atoms with Crippen molar-refractivity contribution >= 4 is 50.7 Å². The second-order valence-electron chi connectivity index (χ2n) is 7.33. The number of ether oxygens (including phenoxy) is 2. The molecular weight excluding hydrogens is 420 g/mol. The van der Waals surface area contributed by atoms with Gasteiger partial charge >= 0.3 is 0 Å². The molecule has 0 fully saturated rings. The summed E-state index contributed by atoms with van der Waals surface area (Å²) in [5.41, 5.74) is 8.24. The number of nitrogens with two attached hydrogens (primary N) is 1. The highest BCUT2D eigenvalue weighted by Gasteiger charge is 2.20. The molecule has 0 saturated heterocycles. The molecule has 5 rings (SSSR count). The van der Waals surface area contributed by atoms with E-state index in [0.29, 0.717) is 41.4 Å². The van der Waals surface area contributed by atoms with Gasteiger partial charge < -0.3 is 20.5 Å². The molecule has 1 aliphatic heterocycles. The second kappa shape index (κ2) is 8.31. The highest BCUT2D eigenvalue weighted by molar-refractivity contribution is 7.99. The van der Waals surface area contributed by atoms with E-state index in [1.54, 1.807) is 17.4 Å². The van der Waals surface area contributed by atoms with Crippen LogP contribution in [0.25, 0.3) is 10.2 Å². The van der Waals surface area contributed by atoms with Crippen molar-refractivity contribution in [2.45, 2.75) is 37.3 Å². The van der Waals surface area contributed by atoms with Crippen LogP contribution in [0.4, 0.5) is 11.5 Å². The lowest BCUT2D eigenvalue weighted by Crippen LogP contribution is -2.14. The Labute approximate surface area is 182 Å². The molecule has 0 saturated carbocycles. The number of nitrogen functional groups attached to an aromatic ring is 1. The second-order valence-corrected chi connectivity index (χ2v) is 9.36. The van der Waals surface area contributed by atoms with Crippen molar-refractivity contribution in [1.29, 1.82) is 0 Å². The van der Waals surface area contributed by atoms with Crippen LogP contribution in [-0.2, 0) is 17.6 Å². The quantitative estimate of drug-likeness (QED) is 0.465. The number of thioether (sulfide) groups is 1. The van der Waals surface area contributed by atoms with E-state index in [-0.39, 0.29) is 11.7 Å². The molecule has 9 heteroatoms. The van der Waals surface area contributed by atoms with Gasteiger partial charge in [-0.15, -0.1) is 11.3 Å². The van der Waals surface area contributed by atoms with Crippen molar-refractivity contribution in [1.82, 2.24) is 9.97 Å². The van der Waals surface area contributed by atoms with Gasteiger partial charge in [0.25, 0.3) is 0 Å². The Morgan fingerprint density at radius 3 is 2.87 bits per heavy atom. The van der Waals surface area contributed by atoms with E-state index >= 15 is 0 Å². The average Bonchev–Trinajstić information content (AvgIpc) is 2.96. The van der Waals surface area contributed by atoms with Gasteiger partial charge in [0.15, 0.2) is 16.7 Å². The maximum absolute atomic E-state index is 12.4. The minimum Gasteiger partial charge on any atom is -0.490 e. The zero-order valence-corrected chi connectivity index (χ0v) is 18.0. The maximum atomic E-state index is 12.4. The number of rotatable bonds is 4. The van der Waals surface area contributed by atoms with Gasteiger partial charge in [-0.2, -0.15) is 0 Å². The Bertz CT molecular complexity index is 1120. The zero-order valence-electron chi connectivity index (χ0n) is 16.4. The Hall–Kier alpha value is -2.52. The van der Waals surface area contributed by atoms with Gasteiger partial charge in [0, 0.05) is 23.1 Å². The molecule has 0 bridgehead atoms. The number of aromatic nitrogens is 2. The number of hydrogen-bond donors (Lipinski definition) is 2. The van der Waals surface area contributed by atoms with Crippen LogP contribution >= 0.6 is 23.1 Å². The summed E-state index contributed by atoms with van der Waals surface area (Å²) in [5.74, 6) is 1.94. The lowest BCUT2D eigenvalue weighted by molar-refractivity contribution is -0.113. The summed E-state index contributed by atoms with van der Waals surface area (Å²) in [6.45, 7) is 1.24. The van der Waals surface area contributed by atoms with Gasteiger partial charge in [-0.3, -0.25) is 4.79 Å². The fourth-order valence-corrected chi connectivity index (χ4v) is 5.78. The average molecular weight is 443 g/mol. The molecule has 0 spiro atoms. The molecule has 3 aromatic rings. The number of anilines is 2. The van der Waals surface area contributed by atoms with E-state index in [1.165, 1.54) is 35.0 Å². The highest BCUT2D eigenvalue weighted by atomic mass is 32.2. The molecule has 2 aliphatic rings. The van der Waals surface area contributed by atoms with Gasteiger partial charge in [-0.05, 0) is 43.4 Å². The topological polar surface area (TPSA) is 99.4 Å². The fraction of sp³-hybridized carbons (Fsp3) is 0.381. The first kappa shape index (κ1) is 19.4. The number of thiophene rings is 1. The molecule has 0 unspecified atom stereocenters. The van der Waals surface area contributed by atoms with Gasteiger partial charge in [0.1, 0.15) is 10.6 Å². The number of amides is 1. The monoisotopic (exact) mass is 442 g/mol. The number of nitrogens with one attached hydrogen (secondary N) is 1. The number of carbonyl (C=O) groups excluding carboxylic acids is 1. The van der Waals surface area contributed by atoms with Crippen molar-refractivity contribution in [2.75, 3.05) is 30.0 Å². The normalized spacial score (nSPS) is 15.5. The Morgan fingerprint density at radius 1 is 1.13 bits per heavy atom. The summed E-state index contributed by atoms with van der Waals surface area (Å²) in [6.07, 6.45) is 5.39. The highest BCUT2D eigenvalue weighted by Crippen LogP contribution is 2.38. The summed E-state index contributed by atoms with van der Waals surface area (Å²) < 4.78 is 11.3. The molecule has 30 heavy (non-hydrogen) atoms. The third kappa shape index (κ3) is 3.91. The van der Waals surface area contributed by atoms with E-state index in [0.717, 1.165) is 29.5 Å². The molecule has 3 heterocycles. The van der Waals surface area contributed by atoms with Crippen molar-refractivity contribution in [3.63, 3.8) is 0 Å². The number of hydrogen-bond acceptors (Lipinski definition) is 8. The van der Waals surface area contributed by atoms with Crippen LogP contribution in [0.2, 0.25) is 0 Å². The van der Waals surface area contributed by atoms with E-state index in [9.17, 15) is 4.79 Å². The Kier molecular flexibility index (Phi) is 5.39. The fourth-order valence-electron chi connectivity index (χ4n) is 3.80. The molecule has 1 amide bonds. The predicted molar refractivity (Wildman–Crippen MR) is 120 cm³/mol. The molecule has 2 aromatic heterocycles. The molecule has 0 radical (unpaired) electrons. The number of benzene rings is 1. The number of aryl methyl sites for hydroxylation is 2. The van der Waals surface area contributed by atoms with Crippen LogP contribution in [0.1, 0.15) is 29.7 Å². The van der Waals surface area contributed by atoms with Crippen molar-refractivity contribution in [3.05, 3.63) is 28.6 Å². The van der Waals surface area contributed by atoms with Gasteiger partial charge in [-0.1, -0.05) is 11.8 Å². The van der Waals surface area contributed by atoms with Crippen molar-refractivity contribution in [2.24, 2.45) is 0 Å². The number of fused-ring (bicyclic) bond motifs is 4. The summed E-state index contributed by atoms with van der Waals surface area (Å²) in [4.78, 5) is 23.9. The summed E-state index contributed by atoms with van der Waals surface area (Å²) in [6, 6.07) is 5.42. The lowest BCUT2D eigenvalue weighted by atomic mass is 9.97. The predicted octanol–water partition coefficient (Wildman–Crippen LogP) is 4.04. The molecule has 1 aliphatic carbocycles. The number of carbonyl (C=O) groups is 1. The smallest absolute Gasteiger partial charge is 0.234 e. The van der Waals surface area contributed by atoms with Crippen LogP contribution in [0.15, 0.2) is 23.4 Å². The summed E-state index contributed by atoms with van der Waals surface area (Å²) >= 11 is 3.00. The van der Waals surface area contributed by atoms with Gasteiger partial charge in [0.05, 0.1) is 24.4 Å². The van der Waals surface area contributed by atoms with Crippen LogP contribution in [-0.4, -0.2) is 34.8 Å². The maximum Gasteiger partial charge on any atom is 0.234 e. The third-order valence-corrected chi connectivity index (χ3v) is 7.22. The molecule has 156 valence electrons. The standard InChI is InChI=1S/C21H22N4O3S2/c22-19-18-13-4-1-2-5-16(13)30-20(18)25-21(24-19)29-11-17(26)23-12-6-7-14-15(10-12)28-9-3-8-27-14/h6-7,10H,1-5,8-9,11H2,(H,23,26)(H2,22,24,25). The molecule has 0 atom stereocenters. The van der Waals surface area contributed by atoms with Gasteiger partial charge in [0.2, 0.25) is 5.91 Å². The van der Waals surface area contributed by atoms with E-state index in [4.69, 9.17) is 15.2 Å². The summed E-state index contributed by atoms with van der Waals surface area (Å²) in [5, 5.41) is 4.44. The van der Waals surface area contributed by atoms with Crippen molar-refractivity contribution < 1.29 is 14.3 Å². The zero-order chi connectivity index (χ0) is 20.5. The Balaban J connectivity index is 1.26. The Morgan fingerprint density at radius 2 is 1.97 bits per heavy atom. The SMILES string of the molecule is Nc1nc(SCC(=O)Nc2ccc3c(c2)OCCCO3)nc2sc3c(c12)CCCC3. The van der Waals surface area contributed by atoms with E-state index in [2.05, 4.69) is 15.3 Å². The van der Waals surface area contributed by atoms with Crippen molar-refractivity contribution in [3.8, 4) is 11.5 Å². The first-order valence-corrected chi connectivity index (χ1v) is 11.9. The van der Waals surface area contributed by atoms with Gasteiger partial charge in [-0.25, -0.2) is 9.97 Å². The van der Waals surface area contributed by atoms with Crippen LogP contribution in [0.3, 0.4) is 0 Å². The van der Waals surface area contributed by atoms with E-state index in [1.807, 2.05) is 12.1 Å². The molecule has 7 nitrogen and oxygen atoms in total.